The smallest absolute Gasteiger partial charge is 0.417 e. The van der Waals surface area contributed by atoms with E-state index in [1.165, 1.54) is 4.90 Å². The van der Waals surface area contributed by atoms with Gasteiger partial charge in [-0.1, -0.05) is 51.1 Å². The van der Waals surface area contributed by atoms with Crippen molar-refractivity contribution in [3.63, 3.8) is 0 Å². The summed E-state index contributed by atoms with van der Waals surface area (Å²) in [5.74, 6) is 0.718. The van der Waals surface area contributed by atoms with Crippen LogP contribution in [0.5, 0.6) is 0 Å². The van der Waals surface area contributed by atoms with Crippen molar-refractivity contribution in [2.24, 2.45) is 40.4 Å². The van der Waals surface area contributed by atoms with E-state index in [0.717, 1.165) is 37.7 Å². The largest absolute Gasteiger partial charge is 0.443 e. The molecule has 5 fully saturated rings. The molecule has 5 nitrogen and oxygen atoms in total. The standard InChI is InChI=1S/C28H31NO4/c1-27(2)17-11-12-28(27,3)24-23(17)33-26(32)29(24)25(31)21-18-15-9-10-16(13-15)20(18)22(30)19(21)14-7-5-4-6-8-14/h4-8,15-18,20,23-24H,9-13H2,1-3H3/t15-,16+,17+,18+,20-,23+,24+,28-/m0/s1. The zero-order chi connectivity index (χ0) is 22.9. The maximum atomic E-state index is 14.4. The second-order valence-corrected chi connectivity index (χ2v) is 12.2. The summed E-state index contributed by atoms with van der Waals surface area (Å²) in [6, 6.07) is 9.37. The molecule has 1 heterocycles. The Morgan fingerprint density at radius 3 is 2.42 bits per heavy atom. The Labute approximate surface area is 194 Å². The summed E-state index contributed by atoms with van der Waals surface area (Å²) in [5, 5.41) is 0. The number of hydrogen-bond donors (Lipinski definition) is 0. The summed E-state index contributed by atoms with van der Waals surface area (Å²) in [5.41, 5.74) is 1.80. The predicted molar refractivity (Wildman–Crippen MR) is 122 cm³/mol. The van der Waals surface area contributed by atoms with Gasteiger partial charge in [-0.2, -0.15) is 0 Å². The Morgan fingerprint density at radius 2 is 1.70 bits per heavy atom. The van der Waals surface area contributed by atoms with Crippen molar-refractivity contribution in [3.05, 3.63) is 41.5 Å². The molecule has 4 saturated carbocycles. The molecule has 0 unspecified atom stereocenters. The number of hydrogen-bond acceptors (Lipinski definition) is 4. The molecule has 1 saturated heterocycles. The lowest BCUT2D eigenvalue weighted by Gasteiger charge is -2.41. The van der Waals surface area contributed by atoms with Gasteiger partial charge in [0.05, 0.1) is 6.04 Å². The Kier molecular flexibility index (Phi) is 3.73. The SMILES string of the molecule is CC1(C)[C@@H]2CC[C@@]1(C)[C@H]1[C@@H]2OC(=O)N1C(=O)C1=C(c2ccccc2)C(=O)[C@H]2[C@@H]3CC[C@@H](C3)[C@@H]12. The van der Waals surface area contributed by atoms with Crippen LogP contribution in [0.2, 0.25) is 0 Å². The minimum Gasteiger partial charge on any atom is -0.443 e. The zero-order valence-electron chi connectivity index (χ0n) is 19.5. The number of allylic oxidation sites excluding steroid dienone is 1. The number of amides is 2. The fourth-order valence-electron chi connectivity index (χ4n) is 9.15. The van der Waals surface area contributed by atoms with E-state index in [2.05, 4.69) is 20.8 Å². The van der Waals surface area contributed by atoms with Crippen LogP contribution in [0.1, 0.15) is 58.4 Å². The highest BCUT2D eigenvalue weighted by Gasteiger charge is 2.73. The molecular weight excluding hydrogens is 414 g/mol. The molecule has 1 aromatic rings. The number of ketones is 1. The zero-order valence-corrected chi connectivity index (χ0v) is 19.5. The molecular formula is C28H31NO4. The van der Waals surface area contributed by atoms with Crippen molar-refractivity contribution in [3.8, 4) is 0 Å². The third-order valence-corrected chi connectivity index (χ3v) is 11.0. The van der Waals surface area contributed by atoms with Crippen molar-refractivity contribution in [1.29, 1.82) is 0 Å². The molecule has 1 aromatic carbocycles. The topological polar surface area (TPSA) is 63.7 Å². The van der Waals surface area contributed by atoms with Crippen LogP contribution >= 0.6 is 0 Å². The van der Waals surface area contributed by atoms with Crippen LogP contribution in [0.3, 0.4) is 0 Å². The van der Waals surface area contributed by atoms with Gasteiger partial charge in [0, 0.05) is 28.9 Å². The lowest BCUT2D eigenvalue weighted by molar-refractivity contribution is -0.128. The van der Waals surface area contributed by atoms with E-state index in [4.69, 9.17) is 4.74 Å². The molecule has 1 aliphatic heterocycles. The van der Waals surface area contributed by atoms with Gasteiger partial charge in [-0.3, -0.25) is 9.59 Å². The summed E-state index contributed by atoms with van der Waals surface area (Å²) in [7, 11) is 0. The third-order valence-electron chi connectivity index (χ3n) is 11.0. The summed E-state index contributed by atoms with van der Waals surface area (Å²) in [6.07, 6.45) is 4.46. The highest BCUT2D eigenvalue weighted by molar-refractivity contribution is 6.31. The Hall–Kier alpha value is -2.43. The highest BCUT2D eigenvalue weighted by Crippen LogP contribution is 2.69. The van der Waals surface area contributed by atoms with E-state index in [9.17, 15) is 14.4 Å². The van der Waals surface area contributed by atoms with Crippen LogP contribution in [0.15, 0.2) is 35.9 Å². The average molecular weight is 446 g/mol. The Morgan fingerprint density at radius 1 is 1.00 bits per heavy atom. The van der Waals surface area contributed by atoms with Crippen LogP contribution in [-0.2, 0) is 14.3 Å². The summed E-state index contributed by atoms with van der Waals surface area (Å²) in [6.45, 7) is 6.75. The van der Waals surface area contributed by atoms with Gasteiger partial charge in [0.25, 0.3) is 5.91 Å². The number of carbonyl (C=O) groups excluding carboxylic acids is 3. The van der Waals surface area contributed by atoms with E-state index in [1.54, 1.807) is 0 Å². The summed E-state index contributed by atoms with van der Waals surface area (Å²) < 4.78 is 5.91. The first kappa shape index (κ1) is 20.0. The quantitative estimate of drug-likeness (QED) is 0.652. The van der Waals surface area contributed by atoms with Gasteiger partial charge in [0.2, 0.25) is 0 Å². The molecule has 4 bridgehead atoms. The summed E-state index contributed by atoms with van der Waals surface area (Å²) in [4.78, 5) is 42.8. The maximum Gasteiger partial charge on any atom is 0.417 e. The van der Waals surface area contributed by atoms with Gasteiger partial charge in [-0.15, -0.1) is 0 Å². The fraction of sp³-hybridized carbons (Fsp3) is 0.607. The van der Waals surface area contributed by atoms with Gasteiger partial charge in [-0.05, 0) is 60.3 Å². The minimum absolute atomic E-state index is 0.00133. The Bertz CT molecular complexity index is 1140. The van der Waals surface area contributed by atoms with Gasteiger partial charge in [0.1, 0.15) is 6.10 Å². The normalized spacial score (nSPS) is 44.0. The van der Waals surface area contributed by atoms with Gasteiger partial charge < -0.3 is 4.74 Å². The van der Waals surface area contributed by atoms with Crippen LogP contribution in [0.4, 0.5) is 4.79 Å². The minimum atomic E-state index is -0.511. The molecule has 6 aliphatic rings. The van der Waals surface area contributed by atoms with Crippen molar-refractivity contribution >= 4 is 23.4 Å². The third kappa shape index (κ3) is 2.18. The molecule has 0 aromatic heterocycles. The molecule has 33 heavy (non-hydrogen) atoms. The van der Waals surface area contributed by atoms with E-state index in [1.807, 2.05) is 30.3 Å². The molecule has 7 rings (SSSR count). The Balaban J connectivity index is 1.37. The number of rotatable bonds is 2. The monoisotopic (exact) mass is 445 g/mol. The van der Waals surface area contributed by atoms with Crippen LogP contribution < -0.4 is 0 Å². The van der Waals surface area contributed by atoms with E-state index in [0.29, 0.717) is 23.0 Å². The number of carbonyl (C=O) groups is 3. The number of Topliss-reactive ketones (excluding diaryl/α,β-unsaturated/α-hetero) is 1. The molecule has 5 aliphatic carbocycles. The highest BCUT2D eigenvalue weighted by atomic mass is 16.6. The van der Waals surface area contributed by atoms with Gasteiger partial charge in [0.15, 0.2) is 5.78 Å². The molecule has 8 atom stereocenters. The fourth-order valence-corrected chi connectivity index (χ4v) is 9.15. The average Bonchev–Trinajstić information content (AvgIpc) is 3.58. The molecule has 0 N–H and O–H groups in total. The first-order valence-corrected chi connectivity index (χ1v) is 12.6. The molecule has 5 heteroatoms. The second kappa shape index (κ2) is 6.17. The number of ether oxygens (including phenoxy) is 1. The first-order valence-electron chi connectivity index (χ1n) is 12.6. The lowest BCUT2D eigenvalue weighted by Crippen LogP contribution is -2.51. The maximum absolute atomic E-state index is 14.4. The van der Waals surface area contributed by atoms with Crippen LogP contribution in [0.25, 0.3) is 5.57 Å². The predicted octanol–water partition coefficient (Wildman–Crippen LogP) is 4.86. The number of benzene rings is 1. The summed E-state index contributed by atoms with van der Waals surface area (Å²) >= 11 is 0. The first-order chi connectivity index (χ1) is 15.8. The van der Waals surface area contributed by atoms with Gasteiger partial charge in [-0.25, -0.2) is 9.69 Å². The lowest BCUT2D eigenvalue weighted by atomic mass is 9.68. The van der Waals surface area contributed by atoms with Crippen molar-refractivity contribution < 1.29 is 19.1 Å². The van der Waals surface area contributed by atoms with Gasteiger partial charge >= 0.3 is 6.09 Å². The van der Waals surface area contributed by atoms with Crippen molar-refractivity contribution in [1.82, 2.24) is 4.90 Å². The molecule has 172 valence electrons. The van der Waals surface area contributed by atoms with Crippen LogP contribution in [0, 0.1) is 40.4 Å². The molecule has 0 spiro atoms. The van der Waals surface area contributed by atoms with E-state index < -0.39 is 6.09 Å². The number of fused-ring (bicyclic) bond motifs is 10. The van der Waals surface area contributed by atoms with Crippen LogP contribution in [-0.4, -0.2) is 34.8 Å². The van der Waals surface area contributed by atoms with E-state index in [-0.39, 0.29) is 52.4 Å². The van der Waals surface area contributed by atoms with Crippen molar-refractivity contribution in [2.75, 3.05) is 0 Å². The molecule has 0 radical (unpaired) electrons. The molecule has 2 amide bonds. The number of nitrogens with zero attached hydrogens (tertiary/aromatic N) is 1. The second-order valence-electron chi connectivity index (χ2n) is 12.2. The van der Waals surface area contributed by atoms with E-state index >= 15 is 0 Å². The number of imide groups is 1. The van der Waals surface area contributed by atoms with Crippen molar-refractivity contribution in [2.45, 2.75) is 65.0 Å².